The zero-order valence-electron chi connectivity index (χ0n) is 16.1. The summed E-state index contributed by atoms with van der Waals surface area (Å²) in [4.78, 5) is 23.0. The number of nitrogens with zero attached hydrogens (tertiary/aromatic N) is 3. The maximum absolute atomic E-state index is 12.2. The molecule has 0 radical (unpaired) electrons. The van der Waals surface area contributed by atoms with Crippen LogP contribution in [0.2, 0.25) is 0 Å². The molecule has 1 heterocycles. The normalized spacial score (nSPS) is 32.5. The van der Waals surface area contributed by atoms with Gasteiger partial charge in [0.05, 0.1) is 9.83 Å². The van der Waals surface area contributed by atoms with Crippen molar-refractivity contribution >= 4 is 40.3 Å². The van der Waals surface area contributed by atoms with Crippen molar-refractivity contribution in [3.8, 4) is 0 Å². The number of rotatable bonds is 3. The van der Waals surface area contributed by atoms with Gasteiger partial charge in [-0.25, -0.2) is 0 Å². The van der Waals surface area contributed by atoms with E-state index in [9.17, 15) is 14.9 Å². The third-order valence-electron chi connectivity index (χ3n) is 6.83. The first-order valence-corrected chi connectivity index (χ1v) is 10.1. The number of nitro groups is 1. The number of nitrogens with one attached hydrogen (secondary N) is 1. The number of amidine groups is 1. The number of fused-ring (bicyclic) bond motifs is 2. The molecule has 146 valence electrons. The van der Waals surface area contributed by atoms with E-state index in [1.165, 1.54) is 30.3 Å². The largest absolute Gasteiger partial charge is 0.299 e. The number of non-ortho nitro benzene ring substituents is 1. The van der Waals surface area contributed by atoms with Gasteiger partial charge in [-0.15, -0.1) is 5.10 Å². The number of amides is 1. The predicted molar refractivity (Wildman–Crippen MR) is 111 cm³/mol. The van der Waals surface area contributed by atoms with Gasteiger partial charge in [0.2, 0.25) is 0 Å². The van der Waals surface area contributed by atoms with Gasteiger partial charge < -0.3 is 0 Å². The molecule has 0 spiro atoms. The first kappa shape index (κ1) is 18.9. The van der Waals surface area contributed by atoms with E-state index >= 15 is 0 Å². The summed E-state index contributed by atoms with van der Waals surface area (Å²) in [5, 5.41) is 22.8. The van der Waals surface area contributed by atoms with Crippen LogP contribution in [0.15, 0.2) is 39.4 Å². The Bertz CT molecular complexity index is 949. The molecule has 8 heteroatoms. The molecule has 0 unspecified atom stereocenters. The highest BCUT2D eigenvalue weighted by atomic mass is 32.2. The Balaban J connectivity index is 1.51. The average Bonchev–Trinajstić information content (AvgIpc) is 3.17. The number of hydrogen-bond donors (Lipinski definition) is 1. The Labute approximate surface area is 167 Å². The van der Waals surface area contributed by atoms with Crippen molar-refractivity contribution < 1.29 is 9.72 Å². The molecule has 1 amide bonds. The van der Waals surface area contributed by atoms with Gasteiger partial charge in [0.15, 0.2) is 5.17 Å². The maximum atomic E-state index is 12.2. The third-order valence-corrected chi connectivity index (χ3v) is 7.73. The number of hydrogen-bond acceptors (Lipinski definition) is 6. The van der Waals surface area contributed by atoms with E-state index in [1.807, 2.05) is 0 Å². The van der Waals surface area contributed by atoms with E-state index < -0.39 is 4.92 Å². The molecule has 2 aliphatic carbocycles. The summed E-state index contributed by atoms with van der Waals surface area (Å²) < 4.78 is 0. The molecule has 1 aromatic rings. The summed E-state index contributed by atoms with van der Waals surface area (Å²) in [5.74, 6) is 0.418. The van der Waals surface area contributed by atoms with E-state index in [-0.39, 0.29) is 22.4 Å². The Morgan fingerprint density at radius 2 is 1.96 bits per heavy atom. The van der Waals surface area contributed by atoms with Gasteiger partial charge in [0.25, 0.3) is 11.6 Å². The SMILES string of the molecule is CC1(C)[C@@H]2CC[C@]1(C)/C(=N\N=C1\NC(=O)/C(=C\c3ccc([N+](=O)[O-])cc3)S1)C2. The molecule has 3 fully saturated rings. The van der Waals surface area contributed by atoms with Crippen molar-refractivity contribution in [2.45, 2.75) is 40.0 Å². The third kappa shape index (κ3) is 2.96. The zero-order valence-corrected chi connectivity index (χ0v) is 16.9. The number of nitro benzene ring substituents is 1. The smallest absolute Gasteiger partial charge is 0.269 e. The van der Waals surface area contributed by atoms with E-state index in [4.69, 9.17) is 0 Å². The van der Waals surface area contributed by atoms with E-state index in [2.05, 4.69) is 36.3 Å². The van der Waals surface area contributed by atoms with Crippen LogP contribution in [-0.4, -0.2) is 21.7 Å². The van der Waals surface area contributed by atoms with Crippen molar-refractivity contribution in [3.05, 3.63) is 44.8 Å². The van der Waals surface area contributed by atoms with Gasteiger partial charge >= 0.3 is 0 Å². The number of carbonyl (C=O) groups is 1. The van der Waals surface area contributed by atoms with Gasteiger partial charge in [0.1, 0.15) is 0 Å². The highest BCUT2D eigenvalue weighted by Crippen LogP contribution is 2.64. The zero-order chi connectivity index (χ0) is 20.1. The Kier molecular flexibility index (Phi) is 4.41. The molecule has 7 nitrogen and oxygen atoms in total. The summed E-state index contributed by atoms with van der Waals surface area (Å²) in [6.07, 6.45) is 5.05. The second-order valence-electron chi connectivity index (χ2n) is 8.36. The number of thioether (sulfide) groups is 1. The highest BCUT2D eigenvalue weighted by molar-refractivity contribution is 8.18. The van der Waals surface area contributed by atoms with Gasteiger partial charge in [-0.3, -0.25) is 20.2 Å². The first-order chi connectivity index (χ1) is 13.2. The van der Waals surface area contributed by atoms with Gasteiger partial charge in [-0.1, -0.05) is 20.8 Å². The lowest BCUT2D eigenvalue weighted by Crippen LogP contribution is -2.32. The van der Waals surface area contributed by atoms with E-state index in [1.54, 1.807) is 18.2 Å². The van der Waals surface area contributed by atoms with Crippen molar-refractivity contribution in [1.29, 1.82) is 0 Å². The molecule has 1 saturated heterocycles. The van der Waals surface area contributed by atoms with Gasteiger partial charge in [-0.05, 0) is 66.1 Å². The van der Waals surface area contributed by atoms with Crippen LogP contribution in [-0.2, 0) is 4.79 Å². The minimum absolute atomic E-state index is 0.0195. The Morgan fingerprint density at radius 1 is 1.25 bits per heavy atom. The topological polar surface area (TPSA) is 97.0 Å². The summed E-state index contributed by atoms with van der Waals surface area (Å²) in [6.45, 7) is 6.91. The molecule has 28 heavy (non-hydrogen) atoms. The maximum Gasteiger partial charge on any atom is 0.269 e. The fourth-order valence-electron chi connectivity index (χ4n) is 4.50. The standard InChI is InChI=1S/C20H22N4O3S/c1-19(2)13-8-9-20(19,3)16(11-13)22-23-18-21-17(25)15(28-18)10-12-4-6-14(7-5-12)24(26)27/h4-7,10,13H,8-9,11H2,1-3H3,(H,21,23,25)/b15-10+,22-16-/t13-,20-/m1/s1. The average molecular weight is 398 g/mol. The van der Waals surface area contributed by atoms with Crippen LogP contribution < -0.4 is 5.32 Å². The van der Waals surface area contributed by atoms with Crippen LogP contribution >= 0.6 is 11.8 Å². The van der Waals surface area contributed by atoms with Gasteiger partial charge in [-0.2, -0.15) is 5.10 Å². The second kappa shape index (κ2) is 6.55. The molecule has 0 aromatic heterocycles. The van der Waals surface area contributed by atoms with Crippen molar-refractivity contribution in [3.63, 3.8) is 0 Å². The molecule has 1 aliphatic heterocycles. The molecule has 2 atom stereocenters. The fraction of sp³-hybridized carbons (Fsp3) is 0.450. The minimum Gasteiger partial charge on any atom is -0.299 e. The highest BCUT2D eigenvalue weighted by Gasteiger charge is 2.60. The summed E-state index contributed by atoms with van der Waals surface area (Å²) in [7, 11) is 0. The van der Waals surface area contributed by atoms with E-state index in [0.29, 0.717) is 16.0 Å². The van der Waals surface area contributed by atoms with Crippen LogP contribution in [0.4, 0.5) is 5.69 Å². The quantitative estimate of drug-likeness (QED) is 0.465. The number of carbonyl (C=O) groups excluding carboxylic acids is 1. The molecule has 4 rings (SSSR count). The van der Waals surface area contributed by atoms with Crippen LogP contribution in [0.25, 0.3) is 6.08 Å². The van der Waals surface area contributed by atoms with Crippen LogP contribution in [0.5, 0.6) is 0 Å². The Hall–Kier alpha value is -2.48. The molecule has 3 aliphatic rings. The van der Waals surface area contributed by atoms with Crippen LogP contribution in [0, 0.1) is 26.9 Å². The number of benzene rings is 1. The summed E-state index contributed by atoms with van der Waals surface area (Å²) >= 11 is 1.24. The van der Waals surface area contributed by atoms with Crippen LogP contribution in [0.3, 0.4) is 0 Å². The second-order valence-corrected chi connectivity index (χ2v) is 9.39. The summed E-state index contributed by atoms with van der Waals surface area (Å²) in [5.41, 5.74) is 2.18. The molecule has 1 aromatic carbocycles. The predicted octanol–water partition coefficient (Wildman–Crippen LogP) is 4.36. The lowest BCUT2D eigenvalue weighted by Gasteiger charge is -2.34. The van der Waals surface area contributed by atoms with E-state index in [0.717, 1.165) is 24.1 Å². The fourth-order valence-corrected chi connectivity index (χ4v) is 5.28. The molecular weight excluding hydrogens is 376 g/mol. The van der Waals surface area contributed by atoms with Gasteiger partial charge in [0, 0.05) is 23.3 Å². The lowest BCUT2D eigenvalue weighted by atomic mass is 9.70. The minimum atomic E-state index is -0.449. The van der Waals surface area contributed by atoms with Crippen LogP contribution in [0.1, 0.15) is 45.6 Å². The van der Waals surface area contributed by atoms with Crippen molar-refractivity contribution in [1.82, 2.24) is 5.32 Å². The monoisotopic (exact) mass is 398 g/mol. The first-order valence-electron chi connectivity index (χ1n) is 9.31. The molecule has 1 N–H and O–H groups in total. The summed E-state index contributed by atoms with van der Waals surface area (Å²) in [6, 6.07) is 6.07. The van der Waals surface area contributed by atoms with Crippen molar-refractivity contribution in [2.24, 2.45) is 27.0 Å². The molecular formula is C20H22N4O3S. The van der Waals surface area contributed by atoms with Crippen molar-refractivity contribution in [2.75, 3.05) is 0 Å². The molecule has 2 bridgehead atoms. The lowest BCUT2D eigenvalue weighted by molar-refractivity contribution is -0.384. The Morgan fingerprint density at radius 3 is 2.54 bits per heavy atom. The molecule has 2 saturated carbocycles.